The van der Waals surface area contributed by atoms with Gasteiger partial charge in [0.05, 0.1) is 25.9 Å². The van der Waals surface area contributed by atoms with Crippen LogP contribution in [0.1, 0.15) is 17.4 Å². The summed E-state index contributed by atoms with van der Waals surface area (Å²) in [6.07, 6.45) is -3.83. The monoisotopic (exact) mass is 538 g/mol. The Morgan fingerprint density at radius 2 is 1.36 bits per heavy atom. The summed E-state index contributed by atoms with van der Waals surface area (Å²) < 4.78 is 62.4. The van der Waals surface area contributed by atoms with Crippen molar-refractivity contribution in [3.63, 3.8) is 0 Å². The van der Waals surface area contributed by atoms with E-state index < -0.39 is 51.3 Å². The fourth-order valence-corrected chi connectivity index (χ4v) is 5.17. The molecular formula is C26H36O8P2. The number of hydrogen-bond donors (Lipinski definition) is 0. The van der Waals surface area contributed by atoms with Gasteiger partial charge in [-0.25, -0.2) is 0 Å². The molecule has 4 rings (SSSR count). The molecule has 198 valence electrons. The quantitative estimate of drug-likeness (QED) is 0.392. The van der Waals surface area contributed by atoms with Gasteiger partial charge in [-0.05, 0) is 32.2 Å². The van der Waals surface area contributed by atoms with Crippen LogP contribution in [0.2, 0.25) is 0 Å². The van der Waals surface area contributed by atoms with Crippen LogP contribution in [0, 0.1) is 0 Å². The molecule has 0 aliphatic carbocycles. The van der Waals surface area contributed by atoms with Crippen LogP contribution >= 0.6 is 14.3 Å². The molecule has 0 aromatic heterocycles. The molecule has 2 aromatic carbocycles. The van der Waals surface area contributed by atoms with Gasteiger partial charge in [-0.15, -0.1) is 0 Å². The van der Waals surface area contributed by atoms with Crippen LogP contribution in [0.15, 0.2) is 60.7 Å². The standard InChI is InChI=1S/C26H36O8P2/c1-35(2,27)17-31-23-22-21(16-30-25(34-22)20-13-9-6-10-14-20)33-26(24(23)32-18-36(3,4)28)29-15-19-11-7-5-8-12-19/h5-14,21-26H,15-18H2,1-4H3/t21-,22-,23+,24-,25?,26+/m1/s1. The topological polar surface area (TPSA) is 89.5 Å². The molecule has 36 heavy (non-hydrogen) atoms. The van der Waals surface area contributed by atoms with Crippen molar-refractivity contribution < 1.29 is 37.6 Å². The van der Waals surface area contributed by atoms with Crippen molar-refractivity contribution in [2.75, 3.05) is 46.0 Å². The Hall–Kier alpha value is -1.34. The summed E-state index contributed by atoms with van der Waals surface area (Å²) in [4.78, 5) is 0. The molecule has 2 saturated heterocycles. The minimum Gasteiger partial charge on any atom is -0.365 e. The Morgan fingerprint density at radius 3 is 1.97 bits per heavy atom. The third-order valence-corrected chi connectivity index (χ3v) is 7.31. The zero-order valence-electron chi connectivity index (χ0n) is 21.2. The van der Waals surface area contributed by atoms with Gasteiger partial charge in [0.15, 0.2) is 12.6 Å². The Morgan fingerprint density at radius 1 is 0.778 bits per heavy atom. The highest BCUT2D eigenvalue weighted by Crippen LogP contribution is 2.43. The summed E-state index contributed by atoms with van der Waals surface area (Å²) in [6, 6.07) is 19.4. The molecule has 2 aliphatic rings. The lowest BCUT2D eigenvalue weighted by atomic mass is 9.97. The van der Waals surface area contributed by atoms with Gasteiger partial charge < -0.3 is 37.6 Å². The maximum Gasteiger partial charge on any atom is 0.187 e. The van der Waals surface area contributed by atoms with Crippen molar-refractivity contribution in [2.45, 2.75) is 43.6 Å². The number of ether oxygens (including phenoxy) is 6. The second-order valence-corrected chi connectivity index (χ2v) is 17.0. The van der Waals surface area contributed by atoms with Crippen LogP contribution in [0.3, 0.4) is 0 Å². The van der Waals surface area contributed by atoms with Crippen LogP contribution in [0.25, 0.3) is 0 Å². The number of fused-ring (bicyclic) bond motifs is 1. The highest BCUT2D eigenvalue weighted by atomic mass is 31.2. The predicted molar refractivity (Wildman–Crippen MR) is 138 cm³/mol. The van der Waals surface area contributed by atoms with E-state index in [0.717, 1.165) is 11.1 Å². The van der Waals surface area contributed by atoms with Crippen LogP contribution in [-0.4, -0.2) is 76.7 Å². The van der Waals surface area contributed by atoms with Crippen molar-refractivity contribution in [1.29, 1.82) is 0 Å². The van der Waals surface area contributed by atoms with Gasteiger partial charge in [-0.3, -0.25) is 0 Å². The first kappa shape index (κ1) is 27.7. The fraction of sp³-hybridized carbons (Fsp3) is 0.538. The minimum atomic E-state index is -2.52. The zero-order valence-corrected chi connectivity index (χ0v) is 23.0. The molecule has 0 radical (unpaired) electrons. The van der Waals surface area contributed by atoms with Gasteiger partial charge in [0.1, 0.15) is 38.7 Å². The molecule has 10 heteroatoms. The lowest BCUT2D eigenvalue weighted by Gasteiger charge is -2.49. The normalized spacial score (nSPS) is 29.0. The van der Waals surface area contributed by atoms with Crippen molar-refractivity contribution in [3.05, 3.63) is 71.8 Å². The Labute approximate surface area is 213 Å². The largest absolute Gasteiger partial charge is 0.365 e. The zero-order chi connectivity index (χ0) is 25.8. The average molecular weight is 539 g/mol. The van der Waals surface area contributed by atoms with E-state index in [0.29, 0.717) is 6.61 Å². The van der Waals surface area contributed by atoms with Gasteiger partial charge in [0.2, 0.25) is 0 Å². The van der Waals surface area contributed by atoms with E-state index in [-0.39, 0.29) is 19.3 Å². The fourth-order valence-electron chi connectivity index (χ4n) is 4.11. The Kier molecular flexibility index (Phi) is 9.24. The van der Waals surface area contributed by atoms with E-state index in [1.165, 1.54) is 0 Å². The molecule has 0 amide bonds. The second kappa shape index (κ2) is 12.0. The summed E-state index contributed by atoms with van der Waals surface area (Å²) in [6.45, 7) is 7.23. The smallest absolute Gasteiger partial charge is 0.187 e. The SMILES string of the molecule is CP(C)(=O)CO[C@@H]1[C@@H](OCP(C)(C)=O)[C@@H](OCc2ccccc2)O[C@@H]2COC(c3ccccc3)O[C@@H]12. The maximum atomic E-state index is 12.6. The molecule has 2 aliphatic heterocycles. The third-order valence-electron chi connectivity index (χ3n) is 5.77. The van der Waals surface area contributed by atoms with Crippen LogP contribution in [-0.2, 0) is 44.2 Å². The predicted octanol–water partition coefficient (Wildman–Crippen LogP) is 4.97. The Balaban J connectivity index is 1.60. The van der Waals surface area contributed by atoms with E-state index in [9.17, 15) is 9.13 Å². The highest BCUT2D eigenvalue weighted by Gasteiger charge is 2.52. The number of rotatable bonds is 10. The molecule has 2 aromatic rings. The summed E-state index contributed by atoms with van der Waals surface area (Å²) in [5.74, 6) is 0. The number of benzene rings is 2. The average Bonchev–Trinajstić information content (AvgIpc) is 2.84. The lowest BCUT2D eigenvalue weighted by molar-refractivity contribution is -0.369. The van der Waals surface area contributed by atoms with Crippen molar-refractivity contribution in [1.82, 2.24) is 0 Å². The molecule has 1 unspecified atom stereocenters. The first-order valence-electron chi connectivity index (χ1n) is 12.0. The minimum absolute atomic E-state index is 0.0258. The van der Waals surface area contributed by atoms with E-state index >= 15 is 0 Å². The third kappa shape index (κ3) is 7.83. The molecule has 2 fully saturated rings. The highest BCUT2D eigenvalue weighted by molar-refractivity contribution is 7.62. The molecule has 8 nitrogen and oxygen atoms in total. The summed E-state index contributed by atoms with van der Waals surface area (Å²) in [7, 11) is -5.03. The summed E-state index contributed by atoms with van der Waals surface area (Å²) >= 11 is 0. The van der Waals surface area contributed by atoms with Gasteiger partial charge in [-0.1, -0.05) is 60.7 Å². The van der Waals surface area contributed by atoms with E-state index in [1.54, 1.807) is 26.7 Å². The van der Waals surface area contributed by atoms with Crippen molar-refractivity contribution in [2.24, 2.45) is 0 Å². The van der Waals surface area contributed by atoms with E-state index in [4.69, 9.17) is 28.4 Å². The maximum absolute atomic E-state index is 12.6. The van der Waals surface area contributed by atoms with E-state index in [2.05, 4.69) is 0 Å². The molecule has 0 N–H and O–H groups in total. The van der Waals surface area contributed by atoms with Gasteiger partial charge in [0, 0.05) is 5.56 Å². The molecule has 0 spiro atoms. The molecule has 6 atom stereocenters. The first-order valence-corrected chi connectivity index (χ1v) is 17.6. The molecular weight excluding hydrogens is 502 g/mol. The lowest BCUT2D eigenvalue weighted by Crippen LogP contribution is -2.63. The molecule has 2 heterocycles. The second-order valence-electron chi connectivity index (χ2n) is 10.2. The van der Waals surface area contributed by atoms with Crippen LogP contribution in [0.4, 0.5) is 0 Å². The van der Waals surface area contributed by atoms with Crippen LogP contribution < -0.4 is 0 Å². The Bertz CT molecular complexity index is 1050. The summed E-state index contributed by atoms with van der Waals surface area (Å²) in [5, 5.41) is 0. The number of hydrogen-bond acceptors (Lipinski definition) is 8. The first-order chi connectivity index (χ1) is 17.1. The molecule has 0 bridgehead atoms. The van der Waals surface area contributed by atoms with Gasteiger partial charge in [0.25, 0.3) is 0 Å². The van der Waals surface area contributed by atoms with E-state index in [1.807, 2.05) is 60.7 Å². The van der Waals surface area contributed by atoms with Crippen LogP contribution in [0.5, 0.6) is 0 Å². The molecule has 0 saturated carbocycles. The summed E-state index contributed by atoms with van der Waals surface area (Å²) in [5.41, 5.74) is 1.85. The van der Waals surface area contributed by atoms with Gasteiger partial charge >= 0.3 is 0 Å². The van der Waals surface area contributed by atoms with Crippen molar-refractivity contribution >= 4 is 14.3 Å². The van der Waals surface area contributed by atoms with Gasteiger partial charge in [-0.2, -0.15) is 0 Å². The van der Waals surface area contributed by atoms with Crippen molar-refractivity contribution in [3.8, 4) is 0 Å².